The topological polar surface area (TPSA) is 89.8 Å². The predicted molar refractivity (Wildman–Crippen MR) is 55.7 cm³/mol. The van der Waals surface area contributed by atoms with Crippen molar-refractivity contribution in [2.45, 2.75) is 17.9 Å². The van der Waals surface area contributed by atoms with Gasteiger partial charge in [-0.25, -0.2) is 13.4 Å². The summed E-state index contributed by atoms with van der Waals surface area (Å²) in [5.41, 5.74) is 0. The molecule has 0 aliphatic carbocycles. The van der Waals surface area contributed by atoms with E-state index < -0.39 is 10.0 Å². The van der Waals surface area contributed by atoms with Crippen LogP contribution in [0, 0.1) is 17.2 Å². The van der Waals surface area contributed by atoms with E-state index in [1.807, 2.05) is 0 Å². The number of imidazole rings is 1. The highest BCUT2D eigenvalue weighted by molar-refractivity contribution is 7.89. The summed E-state index contributed by atoms with van der Waals surface area (Å²) >= 11 is 0. The highest BCUT2D eigenvalue weighted by atomic mass is 32.2. The Kier molecular flexibility index (Phi) is 2.94. The van der Waals surface area contributed by atoms with Gasteiger partial charge in [0.1, 0.15) is 0 Å². The maximum Gasteiger partial charge on any atom is 0.260 e. The van der Waals surface area contributed by atoms with E-state index in [0.717, 1.165) is 12.8 Å². The van der Waals surface area contributed by atoms with E-state index in [-0.39, 0.29) is 17.5 Å². The lowest BCUT2D eigenvalue weighted by atomic mass is 10.0. The van der Waals surface area contributed by atoms with E-state index in [1.54, 1.807) is 0 Å². The molecule has 0 aromatic carbocycles. The van der Waals surface area contributed by atoms with Crippen molar-refractivity contribution in [3.8, 4) is 6.07 Å². The lowest BCUT2D eigenvalue weighted by Crippen LogP contribution is -2.39. The molecule has 0 saturated carbocycles. The molecule has 1 unspecified atom stereocenters. The first-order chi connectivity index (χ1) is 7.64. The number of nitrogens with one attached hydrogen (secondary N) is 1. The molecule has 1 aliphatic heterocycles. The number of sulfonamides is 1. The smallest absolute Gasteiger partial charge is 0.260 e. The minimum Gasteiger partial charge on any atom is -0.335 e. The summed E-state index contributed by atoms with van der Waals surface area (Å²) in [5.74, 6) is -0.202. The molecule has 0 radical (unpaired) electrons. The molecule has 2 heterocycles. The number of hydrogen-bond donors (Lipinski definition) is 1. The molecule has 6 nitrogen and oxygen atoms in total. The first kappa shape index (κ1) is 11.1. The summed E-state index contributed by atoms with van der Waals surface area (Å²) in [6, 6.07) is 2.12. The molecule has 0 amide bonds. The Morgan fingerprint density at radius 3 is 3.06 bits per heavy atom. The third-order valence-corrected chi connectivity index (χ3v) is 4.45. The van der Waals surface area contributed by atoms with Crippen molar-refractivity contribution in [3.05, 3.63) is 12.5 Å². The van der Waals surface area contributed by atoms with Crippen LogP contribution in [-0.2, 0) is 10.0 Å². The molecule has 86 valence electrons. The predicted octanol–water partition coefficient (Wildman–Crippen LogP) is 0.334. The molecule has 1 N–H and O–H groups in total. The summed E-state index contributed by atoms with van der Waals surface area (Å²) in [6.45, 7) is 0.747. The van der Waals surface area contributed by atoms with E-state index in [1.165, 1.54) is 16.8 Å². The Morgan fingerprint density at radius 2 is 2.44 bits per heavy atom. The van der Waals surface area contributed by atoms with Crippen LogP contribution < -0.4 is 0 Å². The minimum atomic E-state index is -3.50. The molecule has 1 aliphatic rings. The van der Waals surface area contributed by atoms with Crippen LogP contribution in [-0.4, -0.2) is 35.8 Å². The Bertz CT molecular complexity index is 488. The maximum atomic E-state index is 12.1. The van der Waals surface area contributed by atoms with E-state index in [0.29, 0.717) is 6.54 Å². The van der Waals surface area contributed by atoms with Crippen LogP contribution in [0.25, 0.3) is 0 Å². The van der Waals surface area contributed by atoms with Gasteiger partial charge in [-0.05, 0) is 12.8 Å². The van der Waals surface area contributed by atoms with Gasteiger partial charge in [0.2, 0.25) is 0 Å². The minimum absolute atomic E-state index is 0.0890. The van der Waals surface area contributed by atoms with Gasteiger partial charge in [0.25, 0.3) is 10.0 Å². The fourth-order valence-corrected chi connectivity index (χ4v) is 3.21. The maximum absolute atomic E-state index is 12.1. The van der Waals surface area contributed by atoms with E-state index in [2.05, 4.69) is 16.0 Å². The molecule has 0 bridgehead atoms. The van der Waals surface area contributed by atoms with Crippen LogP contribution in [0.4, 0.5) is 0 Å². The van der Waals surface area contributed by atoms with E-state index in [4.69, 9.17) is 5.26 Å². The zero-order valence-electron chi connectivity index (χ0n) is 8.63. The van der Waals surface area contributed by atoms with Gasteiger partial charge in [0.05, 0.1) is 24.5 Å². The molecule has 1 aromatic heterocycles. The summed E-state index contributed by atoms with van der Waals surface area (Å²) in [7, 11) is -3.50. The summed E-state index contributed by atoms with van der Waals surface area (Å²) in [4.78, 5) is 6.28. The van der Waals surface area contributed by atoms with Crippen molar-refractivity contribution in [1.29, 1.82) is 5.26 Å². The van der Waals surface area contributed by atoms with E-state index in [9.17, 15) is 8.42 Å². The van der Waals surface area contributed by atoms with Gasteiger partial charge in [-0.15, -0.1) is 0 Å². The zero-order chi connectivity index (χ0) is 11.6. The number of rotatable bonds is 2. The van der Waals surface area contributed by atoms with Gasteiger partial charge in [-0.3, -0.25) is 0 Å². The average molecular weight is 240 g/mol. The molecular formula is C9H12N4O2S. The molecule has 2 rings (SSSR count). The fourth-order valence-electron chi connectivity index (χ4n) is 1.79. The largest absolute Gasteiger partial charge is 0.335 e. The van der Waals surface area contributed by atoms with Crippen LogP contribution >= 0.6 is 0 Å². The summed E-state index contributed by atoms with van der Waals surface area (Å²) in [5, 5.41) is 8.90. The molecule has 16 heavy (non-hydrogen) atoms. The van der Waals surface area contributed by atoms with Crippen molar-refractivity contribution in [1.82, 2.24) is 14.3 Å². The standard InChI is InChI=1S/C9H12N4O2S/c10-4-8-2-1-3-13(6-8)16(14,15)9-5-11-7-12-9/h5,7-8H,1-3,6H2,(H,11,12). The third-order valence-electron chi connectivity index (χ3n) is 2.66. The number of hydrogen-bond acceptors (Lipinski definition) is 4. The average Bonchev–Trinajstić information content (AvgIpc) is 2.83. The summed E-state index contributed by atoms with van der Waals surface area (Å²) in [6.07, 6.45) is 4.11. The van der Waals surface area contributed by atoms with E-state index >= 15 is 0 Å². The van der Waals surface area contributed by atoms with Gasteiger partial charge in [0.15, 0.2) is 5.03 Å². The van der Waals surface area contributed by atoms with Gasteiger partial charge >= 0.3 is 0 Å². The number of piperidine rings is 1. The number of nitrogens with zero attached hydrogens (tertiary/aromatic N) is 3. The number of H-pyrrole nitrogens is 1. The van der Waals surface area contributed by atoms with Crippen molar-refractivity contribution in [2.75, 3.05) is 13.1 Å². The first-order valence-corrected chi connectivity index (χ1v) is 6.47. The lowest BCUT2D eigenvalue weighted by molar-refractivity contribution is 0.304. The number of nitriles is 1. The normalized spacial score (nSPS) is 22.8. The fraction of sp³-hybridized carbons (Fsp3) is 0.556. The number of aromatic amines is 1. The quantitative estimate of drug-likeness (QED) is 0.806. The Labute approximate surface area is 94.0 Å². The SMILES string of the molecule is N#CC1CCCN(S(=O)(=O)c2cnc[nH]2)C1. The molecule has 1 saturated heterocycles. The second-order valence-electron chi connectivity index (χ2n) is 3.75. The Hall–Kier alpha value is -1.39. The number of aromatic nitrogens is 2. The van der Waals surface area contributed by atoms with Crippen LogP contribution in [0.15, 0.2) is 17.6 Å². The molecule has 1 fully saturated rings. The third kappa shape index (κ3) is 1.94. The molecule has 7 heteroatoms. The lowest BCUT2D eigenvalue weighted by Gasteiger charge is -2.27. The van der Waals surface area contributed by atoms with Crippen LogP contribution in [0.3, 0.4) is 0 Å². The molecule has 1 aromatic rings. The van der Waals surface area contributed by atoms with Crippen molar-refractivity contribution < 1.29 is 8.42 Å². The van der Waals surface area contributed by atoms with Crippen molar-refractivity contribution in [3.63, 3.8) is 0 Å². The van der Waals surface area contributed by atoms with Gasteiger partial charge < -0.3 is 4.98 Å². The molecule has 0 spiro atoms. The van der Waals surface area contributed by atoms with Crippen LogP contribution in [0.5, 0.6) is 0 Å². The zero-order valence-corrected chi connectivity index (χ0v) is 9.44. The van der Waals surface area contributed by atoms with Crippen molar-refractivity contribution in [2.24, 2.45) is 5.92 Å². The molecule has 1 atom stereocenters. The Morgan fingerprint density at radius 1 is 1.62 bits per heavy atom. The van der Waals surface area contributed by atoms with Crippen molar-refractivity contribution >= 4 is 10.0 Å². The second-order valence-corrected chi connectivity index (χ2v) is 5.65. The van der Waals surface area contributed by atoms with Gasteiger partial charge in [-0.1, -0.05) is 0 Å². The van der Waals surface area contributed by atoms with Crippen LogP contribution in [0.2, 0.25) is 0 Å². The monoisotopic (exact) mass is 240 g/mol. The second kappa shape index (κ2) is 4.23. The Balaban J connectivity index is 2.22. The highest BCUT2D eigenvalue weighted by Gasteiger charge is 2.30. The summed E-state index contributed by atoms with van der Waals surface area (Å²) < 4.78 is 25.5. The van der Waals surface area contributed by atoms with Crippen LogP contribution in [0.1, 0.15) is 12.8 Å². The molecular weight excluding hydrogens is 228 g/mol. The highest BCUT2D eigenvalue weighted by Crippen LogP contribution is 2.21. The van der Waals surface area contributed by atoms with Gasteiger partial charge in [-0.2, -0.15) is 9.57 Å². The first-order valence-electron chi connectivity index (χ1n) is 5.03. The van der Waals surface area contributed by atoms with Gasteiger partial charge in [0, 0.05) is 13.1 Å².